The van der Waals surface area contributed by atoms with E-state index in [1.54, 1.807) is 30.3 Å². The first-order chi connectivity index (χ1) is 14.8. The molecule has 0 fully saturated rings. The van der Waals surface area contributed by atoms with Crippen LogP contribution in [0.25, 0.3) is 33.7 Å². The van der Waals surface area contributed by atoms with Crippen molar-refractivity contribution in [1.82, 2.24) is 0 Å². The van der Waals surface area contributed by atoms with Gasteiger partial charge in [0.2, 0.25) is 0 Å². The Labute approximate surface area is 175 Å². The van der Waals surface area contributed by atoms with E-state index in [-0.39, 0.29) is 55.5 Å². The van der Waals surface area contributed by atoms with E-state index in [9.17, 15) is 20.3 Å². The molecular weight excluding hydrogens is 402 g/mol. The predicted molar refractivity (Wildman–Crippen MR) is 113 cm³/mol. The van der Waals surface area contributed by atoms with Crippen molar-refractivity contribution >= 4 is 50.8 Å². The topological polar surface area (TPSA) is 159 Å². The fraction of sp³-hybridized carbons (Fsp3) is 0. The third-order valence-corrected chi connectivity index (χ3v) is 5.05. The Morgan fingerprint density at radius 2 is 1.48 bits per heavy atom. The minimum absolute atomic E-state index is 0.0952. The molecule has 0 saturated heterocycles. The molecule has 156 valence electrons. The highest BCUT2D eigenvalue weighted by Gasteiger charge is 2.15. The van der Waals surface area contributed by atoms with Gasteiger partial charge in [-0.3, -0.25) is 20.5 Å². The summed E-state index contributed by atoms with van der Waals surface area (Å²) < 4.78 is 0. The summed E-state index contributed by atoms with van der Waals surface area (Å²) >= 11 is 0. The first kappa shape index (κ1) is 20.0. The number of nitro groups is 1. The van der Waals surface area contributed by atoms with Crippen LogP contribution in [-0.2, 0) is 0 Å². The Bertz CT molecular complexity index is 1380. The van der Waals surface area contributed by atoms with Crippen LogP contribution >= 0.6 is 0 Å². The van der Waals surface area contributed by atoms with Crippen LogP contribution in [0, 0.1) is 10.1 Å². The first-order valence-corrected chi connectivity index (χ1v) is 9.05. The Morgan fingerprint density at radius 1 is 0.871 bits per heavy atom. The van der Waals surface area contributed by atoms with Crippen molar-refractivity contribution in [2.75, 3.05) is 11.0 Å². The maximum absolute atomic E-state index is 12.9. The first-order valence-electron chi connectivity index (χ1n) is 9.05. The third kappa shape index (κ3) is 3.33. The van der Waals surface area contributed by atoms with Crippen LogP contribution in [0.5, 0.6) is 11.5 Å². The molecule has 0 aliphatic heterocycles. The molecule has 4 rings (SSSR count). The van der Waals surface area contributed by atoms with E-state index in [1.807, 2.05) is 0 Å². The molecule has 9 heteroatoms. The van der Waals surface area contributed by atoms with Gasteiger partial charge in [-0.1, -0.05) is 54.0 Å². The number of hydrogen-bond acceptors (Lipinski definition) is 8. The fourth-order valence-electron chi connectivity index (χ4n) is 3.51. The largest absolute Gasteiger partial charge is 0.872 e. The number of nitrogens with two attached hydrogens (primary N) is 1. The molecule has 4 N–H and O–H groups in total. The molecule has 0 unspecified atom stereocenters. The standard InChI is InChI=1S/C22H17N3O6/c23-20-13(6-5-12-7-9-14(24(28)29)11-18(12)25(30)31)8-10-17-19(20)22(27)16-4-2-1-3-15(16)21(17)26/h1-11,26-29H,23H2/p-2. The van der Waals surface area contributed by atoms with Crippen molar-refractivity contribution < 1.29 is 25.6 Å². The highest BCUT2D eigenvalue weighted by Crippen LogP contribution is 2.42. The smallest absolute Gasteiger partial charge is 0.278 e. The summed E-state index contributed by atoms with van der Waals surface area (Å²) in [5.74, 6) is -0.657. The number of nitro benzene ring substituents is 1. The Balaban J connectivity index is 1.86. The van der Waals surface area contributed by atoms with E-state index in [0.717, 1.165) is 6.07 Å². The second kappa shape index (κ2) is 7.48. The minimum Gasteiger partial charge on any atom is -0.872 e. The van der Waals surface area contributed by atoms with E-state index in [0.29, 0.717) is 10.9 Å². The summed E-state index contributed by atoms with van der Waals surface area (Å²) in [6.45, 7) is 0. The molecule has 0 amide bonds. The van der Waals surface area contributed by atoms with Crippen molar-refractivity contribution in [3.8, 4) is 11.5 Å². The van der Waals surface area contributed by atoms with Crippen molar-refractivity contribution in [1.29, 1.82) is 0 Å². The van der Waals surface area contributed by atoms with Crippen LogP contribution in [0.4, 0.5) is 17.1 Å². The van der Waals surface area contributed by atoms with Gasteiger partial charge < -0.3 is 15.9 Å². The third-order valence-electron chi connectivity index (χ3n) is 5.05. The SMILES string of the molecule is Nc1c(C=Cc2ccc(N(O)O)cc2[N+](=O)[O-])ccc2c([O-])c3ccccc3c([O-])c12. The molecule has 0 heterocycles. The minimum atomic E-state index is -0.665. The van der Waals surface area contributed by atoms with E-state index in [4.69, 9.17) is 16.1 Å². The average Bonchev–Trinajstić information content (AvgIpc) is 2.76. The summed E-state index contributed by atoms with van der Waals surface area (Å²) in [4.78, 5) is 10.7. The van der Waals surface area contributed by atoms with Crippen molar-refractivity contribution in [2.45, 2.75) is 0 Å². The van der Waals surface area contributed by atoms with Crippen molar-refractivity contribution in [3.05, 3.63) is 75.8 Å². The number of nitrogens with zero attached hydrogens (tertiary/aromatic N) is 2. The monoisotopic (exact) mass is 417 g/mol. The number of hydrogen-bond donors (Lipinski definition) is 3. The summed E-state index contributed by atoms with van der Waals surface area (Å²) in [7, 11) is 0. The van der Waals surface area contributed by atoms with Crippen LogP contribution in [0.15, 0.2) is 54.6 Å². The van der Waals surface area contributed by atoms with Crippen molar-refractivity contribution in [2.24, 2.45) is 0 Å². The maximum Gasteiger partial charge on any atom is 0.278 e. The molecular formula is C22H15N3O6-2. The van der Waals surface area contributed by atoms with Gasteiger partial charge in [-0.05, 0) is 45.3 Å². The van der Waals surface area contributed by atoms with E-state index >= 15 is 0 Å². The lowest BCUT2D eigenvalue weighted by atomic mass is 9.96. The zero-order valence-electron chi connectivity index (χ0n) is 15.9. The van der Waals surface area contributed by atoms with E-state index in [2.05, 4.69) is 0 Å². The number of benzene rings is 4. The van der Waals surface area contributed by atoms with Gasteiger partial charge in [0, 0.05) is 11.8 Å². The van der Waals surface area contributed by atoms with Crippen molar-refractivity contribution in [3.63, 3.8) is 0 Å². The molecule has 0 bridgehead atoms. The zero-order chi connectivity index (χ0) is 22.3. The number of rotatable bonds is 4. The molecule has 0 spiro atoms. The summed E-state index contributed by atoms with van der Waals surface area (Å²) in [6, 6.07) is 13.2. The van der Waals surface area contributed by atoms with Crippen LogP contribution in [0.2, 0.25) is 0 Å². The van der Waals surface area contributed by atoms with Gasteiger partial charge in [-0.2, -0.15) is 0 Å². The molecule has 0 radical (unpaired) electrons. The van der Waals surface area contributed by atoms with Crippen LogP contribution in [0.3, 0.4) is 0 Å². The lowest BCUT2D eigenvalue weighted by Gasteiger charge is -2.23. The van der Waals surface area contributed by atoms with Gasteiger partial charge in [0.05, 0.1) is 10.5 Å². The second-order valence-corrected chi connectivity index (χ2v) is 6.82. The highest BCUT2D eigenvalue weighted by atomic mass is 16.8. The number of fused-ring (bicyclic) bond motifs is 2. The lowest BCUT2D eigenvalue weighted by Crippen LogP contribution is -2.11. The van der Waals surface area contributed by atoms with Crippen LogP contribution in [-0.4, -0.2) is 15.3 Å². The zero-order valence-corrected chi connectivity index (χ0v) is 15.9. The van der Waals surface area contributed by atoms with Crippen LogP contribution in [0.1, 0.15) is 11.1 Å². The summed E-state index contributed by atoms with van der Waals surface area (Å²) in [5.41, 5.74) is 6.35. The summed E-state index contributed by atoms with van der Waals surface area (Å²) in [6.07, 6.45) is 2.91. The normalized spacial score (nSPS) is 11.4. The molecule has 4 aromatic carbocycles. The second-order valence-electron chi connectivity index (χ2n) is 6.82. The Kier molecular flexibility index (Phi) is 4.82. The van der Waals surface area contributed by atoms with Gasteiger partial charge >= 0.3 is 0 Å². The van der Waals surface area contributed by atoms with Gasteiger partial charge in [-0.15, -0.1) is 5.23 Å². The molecule has 9 nitrogen and oxygen atoms in total. The molecule has 0 atom stereocenters. The van der Waals surface area contributed by atoms with E-state index < -0.39 is 4.92 Å². The van der Waals surface area contributed by atoms with Gasteiger partial charge in [-0.25, -0.2) is 0 Å². The number of nitrogen functional groups attached to an aromatic ring is 1. The van der Waals surface area contributed by atoms with E-state index in [1.165, 1.54) is 30.4 Å². The van der Waals surface area contributed by atoms with Crippen LogP contribution < -0.4 is 21.2 Å². The fourth-order valence-corrected chi connectivity index (χ4v) is 3.51. The highest BCUT2D eigenvalue weighted by molar-refractivity contribution is 6.15. The van der Waals surface area contributed by atoms with Gasteiger partial charge in [0.15, 0.2) is 0 Å². The molecule has 31 heavy (non-hydrogen) atoms. The maximum atomic E-state index is 12.9. The van der Waals surface area contributed by atoms with Gasteiger partial charge in [0.25, 0.3) is 5.69 Å². The molecule has 0 saturated carbocycles. The summed E-state index contributed by atoms with van der Waals surface area (Å²) in [5, 5.41) is 55.9. The predicted octanol–water partition coefficient (Wildman–Crippen LogP) is 3.39. The number of anilines is 2. The molecule has 0 aliphatic carbocycles. The lowest BCUT2D eigenvalue weighted by molar-refractivity contribution is -0.385. The molecule has 4 aromatic rings. The Morgan fingerprint density at radius 3 is 2.13 bits per heavy atom. The molecule has 0 aliphatic rings. The Hall–Kier alpha value is -4.34. The van der Waals surface area contributed by atoms with Gasteiger partial charge in [0.1, 0.15) is 5.69 Å². The average molecular weight is 417 g/mol. The molecule has 0 aromatic heterocycles. The quantitative estimate of drug-likeness (QED) is 0.150.